The predicted molar refractivity (Wildman–Crippen MR) is 106 cm³/mol. The van der Waals surface area contributed by atoms with Crippen LogP contribution in [0.2, 0.25) is 0 Å². The molecule has 2 aliphatic rings. The minimum absolute atomic E-state index is 0.127. The molecule has 3 unspecified atom stereocenters. The summed E-state index contributed by atoms with van der Waals surface area (Å²) in [5, 5.41) is 11.4. The Kier molecular flexibility index (Phi) is 4.79. The molecule has 1 amide bonds. The Morgan fingerprint density at radius 1 is 1.12 bits per heavy atom. The van der Waals surface area contributed by atoms with E-state index in [-0.39, 0.29) is 29.5 Å². The molecular weight excluding hydrogens is 425 g/mol. The Balaban J connectivity index is 1.37. The maximum atomic E-state index is 13.5. The van der Waals surface area contributed by atoms with Gasteiger partial charge in [-0.2, -0.15) is 23.4 Å². The van der Waals surface area contributed by atoms with Crippen molar-refractivity contribution >= 4 is 11.7 Å². The number of hydrogen-bond acceptors (Lipinski definition) is 7. The van der Waals surface area contributed by atoms with Gasteiger partial charge >= 0.3 is 6.18 Å². The summed E-state index contributed by atoms with van der Waals surface area (Å²) in [7, 11) is 0. The van der Waals surface area contributed by atoms with Crippen molar-refractivity contribution in [2.45, 2.75) is 38.0 Å². The third kappa shape index (κ3) is 3.65. The van der Waals surface area contributed by atoms with E-state index in [4.69, 9.17) is 0 Å². The first-order valence-electron chi connectivity index (χ1n) is 10.1. The van der Waals surface area contributed by atoms with E-state index in [0.29, 0.717) is 30.0 Å². The zero-order chi connectivity index (χ0) is 22.5. The van der Waals surface area contributed by atoms with Gasteiger partial charge in [0.05, 0.1) is 30.8 Å². The maximum absolute atomic E-state index is 13.5. The van der Waals surface area contributed by atoms with Gasteiger partial charge in [-0.1, -0.05) is 0 Å². The number of pyridine rings is 1. The van der Waals surface area contributed by atoms with Crippen molar-refractivity contribution < 1.29 is 18.0 Å². The zero-order valence-electron chi connectivity index (χ0n) is 17.0. The van der Waals surface area contributed by atoms with Gasteiger partial charge in [0.1, 0.15) is 11.5 Å². The molecule has 2 bridgehead atoms. The van der Waals surface area contributed by atoms with Gasteiger partial charge in [0.2, 0.25) is 0 Å². The van der Waals surface area contributed by atoms with Crippen molar-refractivity contribution in [3.05, 3.63) is 54.0 Å². The van der Waals surface area contributed by atoms with E-state index in [1.807, 2.05) is 0 Å². The van der Waals surface area contributed by atoms with Crippen molar-refractivity contribution in [3.63, 3.8) is 0 Å². The second kappa shape index (κ2) is 7.53. The first-order valence-corrected chi connectivity index (χ1v) is 10.1. The highest BCUT2D eigenvalue weighted by Gasteiger charge is 2.48. The summed E-state index contributed by atoms with van der Waals surface area (Å²) in [5.41, 5.74) is 0.412. The SMILES string of the molecule is Cc1ccc(-n2nccn2)c(C(=O)N2CC3CC(Nc4cnc(C(F)(F)F)cn4)C2C3)n1. The van der Waals surface area contributed by atoms with E-state index in [9.17, 15) is 18.0 Å². The molecule has 12 heteroatoms. The molecule has 1 saturated heterocycles. The first-order chi connectivity index (χ1) is 15.3. The smallest absolute Gasteiger partial charge is 0.364 e. The van der Waals surface area contributed by atoms with Crippen molar-refractivity contribution in [1.29, 1.82) is 0 Å². The summed E-state index contributed by atoms with van der Waals surface area (Å²) in [6.07, 6.45) is 1.89. The molecule has 3 aromatic rings. The number of piperidine rings is 1. The number of fused-ring (bicyclic) bond motifs is 2. The third-order valence-electron chi connectivity index (χ3n) is 5.87. The third-order valence-corrected chi connectivity index (χ3v) is 5.87. The lowest BCUT2D eigenvalue weighted by Gasteiger charge is -2.34. The standard InChI is InChI=1S/C20H19F3N8O/c1-11-2-3-14(31-26-4-5-27-31)18(28-11)19(32)30-10-12-6-13(15(30)7-12)29-17-9-24-16(8-25-17)20(21,22)23/h2-5,8-9,12-13,15H,6-7,10H2,1H3,(H,25,29). The summed E-state index contributed by atoms with van der Waals surface area (Å²) in [6, 6.07) is 3.29. The molecule has 32 heavy (non-hydrogen) atoms. The number of halogens is 3. The average Bonchev–Trinajstić information content (AvgIpc) is 3.50. The Morgan fingerprint density at radius 3 is 2.56 bits per heavy atom. The van der Waals surface area contributed by atoms with Crippen LogP contribution in [0.4, 0.5) is 19.0 Å². The first kappa shape index (κ1) is 20.3. The Morgan fingerprint density at radius 2 is 1.91 bits per heavy atom. The highest BCUT2D eigenvalue weighted by Crippen LogP contribution is 2.40. The van der Waals surface area contributed by atoms with Crippen molar-refractivity contribution in [3.8, 4) is 5.69 Å². The summed E-state index contributed by atoms with van der Waals surface area (Å²) < 4.78 is 38.2. The lowest BCUT2D eigenvalue weighted by atomic mass is 10.0. The minimum Gasteiger partial charge on any atom is -0.364 e. The number of likely N-dealkylation sites (tertiary alicyclic amines) is 1. The molecule has 1 saturated carbocycles. The van der Waals surface area contributed by atoms with Crippen LogP contribution in [0, 0.1) is 12.8 Å². The van der Waals surface area contributed by atoms with Crippen LogP contribution in [0.15, 0.2) is 36.9 Å². The number of nitrogens with zero attached hydrogens (tertiary/aromatic N) is 7. The number of alkyl halides is 3. The molecule has 1 aliphatic heterocycles. The van der Waals surface area contributed by atoms with E-state index >= 15 is 0 Å². The molecule has 1 N–H and O–H groups in total. The van der Waals surface area contributed by atoms with E-state index in [2.05, 4.69) is 30.5 Å². The van der Waals surface area contributed by atoms with E-state index in [1.165, 1.54) is 17.2 Å². The Bertz CT molecular complexity index is 1130. The number of carbonyl (C=O) groups excluding carboxylic acids is 1. The molecule has 1 aliphatic carbocycles. The summed E-state index contributed by atoms with van der Waals surface area (Å²) in [5.74, 6) is 0.316. The number of carbonyl (C=O) groups is 1. The summed E-state index contributed by atoms with van der Waals surface area (Å²) in [6.45, 7) is 2.41. The Labute approximate surface area is 180 Å². The molecule has 166 valence electrons. The molecule has 2 fully saturated rings. The van der Waals surface area contributed by atoms with E-state index in [1.54, 1.807) is 24.0 Å². The fourth-order valence-electron chi connectivity index (χ4n) is 4.50. The largest absolute Gasteiger partial charge is 0.434 e. The van der Waals surface area contributed by atoms with Crippen LogP contribution >= 0.6 is 0 Å². The average molecular weight is 444 g/mol. The van der Waals surface area contributed by atoms with Crippen molar-refractivity contribution in [2.24, 2.45) is 5.92 Å². The normalized spacial score (nSPS) is 22.4. The number of anilines is 1. The van der Waals surface area contributed by atoms with Gasteiger partial charge < -0.3 is 10.2 Å². The number of hydrogen-bond donors (Lipinski definition) is 1. The van der Waals surface area contributed by atoms with Gasteiger partial charge in [0.15, 0.2) is 11.4 Å². The minimum atomic E-state index is -4.54. The van der Waals surface area contributed by atoms with Gasteiger partial charge in [-0.25, -0.2) is 15.0 Å². The molecule has 3 aromatic heterocycles. The molecule has 0 radical (unpaired) electrons. The van der Waals surface area contributed by atoms with E-state index in [0.717, 1.165) is 19.0 Å². The van der Waals surface area contributed by atoms with Crippen molar-refractivity contribution in [1.82, 2.24) is 34.8 Å². The maximum Gasteiger partial charge on any atom is 0.434 e. The van der Waals surface area contributed by atoms with Crippen LogP contribution in [-0.2, 0) is 6.18 Å². The summed E-state index contributed by atoms with van der Waals surface area (Å²) in [4.78, 5) is 28.4. The second-order valence-electron chi connectivity index (χ2n) is 8.04. The molecule has 9 nitrogen and oxygen atoms in total. The quantitative estimate of drug-likeness (QED) is 0.660. The van der Waals surface area contributed by atoms with Crippen molar-refractivity contribution in [2.75, 3.05) is 11.9 Å². The van der Waals surface area contributed by atoms with Crippen LogP contribution in [-0.4, -0.2) is 59.4 Å². The van der Waals surface area contributed by atoms with Crippen LogP contribution in [0.5, 0.6) is 0 Å². The highest BCUT2D eigenvalue weighted by molar-refractivity contribution is 5.96. The van der Waals surface area contributed by atoms with Gasteiger partial charge in [-0.05, 0) is 37.8 Å². The molecule has 0 aromatic carbocycles. The molecule has 0 spiro atoms. The van der Waals surface area contributed by atoms with Crippen LogP contribution in [0.25, 0.3) is 5.69 Å². The molecule has 4 heterocycles. The lowest BCUT2D eigenvalue weighted by molar-refractivity contribution is -0.141. The van der Waals surface area contributed by atoms with Crippen LogP contribution < -0.4 is 5.32 Å². The number of nitrogens with one attached hydrogen (secondary N) is 1. The van der Waals surface area contributed by atoms with E-state index < -0.39 is 11.9 Å². The van der Waals surface area contributed by atoms with Crippen LogP contribution in [0.3, 0.4) is 0 Å². The van der Waals surface area contributed by atoms with Crippen LogP contribution in [0.1, 0.15) is 34.7 Å². The fraction of sp³-hybridized carbons (Fsp3) is 0.400. The number of aromatic nitrogens is 6. The zero-order valence-corrected chi connectivity index (χ0v) is 17.0. The predicted octanol–water partition coefficient (Wildman–Crippen LogP) is 2.49. The number of amides is 1. The topological polar surface area (TPSA) is 102 Å². The highest BCUT2D eigenvalue weighted by atomic mass is 19.4. The number of aryl methyl sites for hydroxylation is 1. The molecule has 5 rings (SSSR count). The number of rotatable bonds is 4. The van der Waals surface area contributed by atoms with Gasteiger partial charge in [0, 0.05) is 18.3 Å². The molecule has 3 atom stereocenters. The fourth-order valence-corrected chi connectivity index (χ4v) is 4.50. The Hall–Kier alpha value is -3.57. The second-order valence-corrected chi connectivity index (χ2v) is 8.04. The lowest BCUT2D eigenvalue weighted by Crippen LogP contribution is -2.48. The van der Waals surface area contributed by atoms with Gasteiger partial charge in [-0.3, -0.25) is 4.79 Å². The van der Waals surface area contributed by atoms with Gasteiger partial charge in [0.25, 0.3) is 5.91 Å². The molecular formula is C20H19F3N8O. The van der Waals surface area contributed by atoms with Gasteiger partial charge in [-0.15, -0.1) is 4.80 Å². The monoisotopic (exact) mass is 444 g/mol. The summed E-state index contributed by atoms with van der Waals surface area (Å²) >= 11 is 0.